The molecule has 0 bridgehead atoms. The fourth-order valence-electron chi connectivity index (χ4n) is 8.67. The number of hydrogen-bond acceptors (Lipinski definition) is 5. The van der Waals surface area contributed by atoms with E-state index in [2.05, 4.69) is 117 Å². The largest absolute Gasteiger partial charge is 0.291 e. The predicted molar refractivity (Wildman–Crippen MR) is 220 cm³/mol. The minimum atomic E-state index is 0.491. The molecule has 7 aromatic heterocycles. The van der Waals surface area contributed by atoms with Gasteiger partial charge in [0.2, 0.25) is 0 Å². The number of benzene rings is 4. The van der Waals surface area contributed by atoms with Crippen LogP contribution in [0.15, 0.2) is 146 Å². The Morgan fingerprint density at radius 1 is 0.455 bits per heavy atom. The van der Waals surface area contributed by atoms with Crippen molar-refractivity contribution < 1.29 is 0 Å². The van der Waals surface area contributed by atoms with Crippen LogP contribution in [0.3, 0.4) is 0 Å². The number of pyridine rings is 4. The van der Waals surface area contributed by atoms with Crippen molar-refractivity contribution >= 4 is 65.8 Å². The number of nitriles is 1. The summed E-state index contributed by atoms with van der Waals surface area (Å²) in [5, 5.41) is 17.6. The number of rotatable bonds is 4. The molecule has 8 heteroatoms. The van der Waals surface area contributed by atoms with Crippen LogP contribution in [0.5, 0.6) is 0 Å². The van der Waals surface area contributed by atoms with Crippen molar-refractivity contribution in [1.29, 1.82) is 5.26 Å². The summed E-state index contributed by atoms with van der Waals surface area (Å²) in [5.74, 6) is 0. The summed E-state index contributed by atoms with van der Waals surface area (Å²) < 4.78 is 6.68. The van der Waals surface area contributed by atoms with E-state index in [-0.39, 0.29) is 0 Å². The summed E-state index contributed by atoms with van der Waals surface area (Å²) in [4.78, 5) is 20.0. The maximum Gasteiger partial charge on any atom is 0.145 e. The average molecular weight is 707 g/mol. The summed E-state index contributed by atoms with van der Waals surface area (Å²) in [5.41, 5.74) is 11.6. The molecule has 0 spiro atoms. The summed E-state index contributed by atoms with van der Waals surface area (Å²) in [6.45, 7) is 4.03. The van der Waals surface area contributed by atoms with Crippen molar-refractivity contribution in [2.75, 3.05) is 0 Å². The van der Waals surface area contributed by atoms with Gasteiger partial charge in [-0.05, 0) is 92.2 Å². The van der Waals surface area contributed by atoms with Crippen LogP contribution in [0.2, 0.25) is 0 Å². The average Bonchev–Trinajstić information content (AvgIpc) is 3.85. The van der Waals surface area contributed by atoms with Crippen molar-refractivity contribution in [1.82, 2.24) is 33.6 Å². The summed E-state index contributed by atoms with van der Waals surface area (Å²) in [7, 11) is 0. The smallest absolute Gasteiger partial charge is 0.145 e. The van der Waals surface area contributed by atoms with Gasteiger partial charge in [-0.15, -0.1) is 0 Å². The van der Waals surface area contributed by atoms with Gasteiger partial charge in [0, 0.05) is 67.9 Å². The zero-order valence-electron chi connectivity index (χ0n) is 29.9. The van der Waals surface area contributed by atoms with Gasteiger partial charge in [-0.1, -0.05) is 54.6 Å². The lowest BCUT2D eigenvalue weighted by Gasteiger charge is -2.25. The Balaban J connectivity index is 1.48. The predicted octanol–water partition coefficient (Wildman–Crippen LogP) is 10.7. The first-order valence-electron chi connectivity index (χ1n) is 18.2. The molecule has 0 amide bonds. The van der Waals surface area contributed by atoms with Gasteiger partial charge in [-0.2, -0.15) is 5.26 Å². The Bertz CT molecular complexity index is 3250. The van der Waals surface area contributed by atoms with E-state index in [1.807, 2.05) is 62.8 Å². The van der Waals surface area contributed by atoms with Gasteiger partial charge in [-0.3, -0.25) is 18.7 Å². The zero-order chi connectivity index (χ0) is 36.8. The van der Waals surface area contributed by atoms with E-state index in [0.717, 1.165) is 99.7 Å². The van der Waals surface area contributed by atoms with E-state index in [4.69, 9.17) is 19.9 Å². The number of nitrogens with zero attached hydrogens (tertiary/aromatic N) is 8. The fourth-order valence-corrected chi connectivity index (χ4v) is 8.67. The molecule has 0 N–H and O–H groups in total. The number of hydrogen-bond donors (Lipinski definition) is 0. The Morgan fingerprint density at radius 3 is 1.31 bits per heavy atom. The number of fused-ring (bicyclic) bond motifs is 9. The van der Waals surface area contributed by atoms with Crippen molar-refractivity contribution in [3.63, 3.8) is 0 Å². The quantitative estimate of drug-likeness (QED) is 0.182. The van der Waals surface area contributed by atoms with E-state index in [9.17, 15) is 5.26 Å². The lowest BCUT2D eigenvalue weighted by molar-refractivity contribution is 1.02. The topological polar surface area (TPSA) is 90.1 Å². The van der Waals surface area contributed by atoms with Crippen molar-refractivity contribution in [3.05, 3.63) is 163 Å². The molecule has 11 rings (SSSR count). The second-order valence-corrected chi connectivity index (χ2v) is 13.9. The standard InChI is InChI=1S/C47H30N8/c1-28-24-30(25-29(2)52-28)38-26-31(27-48)42(53-39-18-6-3-12-32(39)35-15-9-21-49-45(35)53)44(55-41-20-8-5-14-34(41)37-17-11-23-51-47(37)55)43(38)54-40-19-7-4-13-33(40)36-16-10-22-50-46(36)54/h3-26H,1-2H3. The Labute approximate surface area is 314 Å². The highest BCUT2D eigenvalue weighted by Gasteiger charge is 2.30. The van der Waals surface area contributed by atoms with Crippen molar-refractivity contribution in [2.45, 2.75) is 13.8 Å². The third-order valence-electron chi connectivity index (χ3n) is 10.7. The fraction of sp³-hybridized carbons (Fsp3) is 0.0426. The van der Waals surface area contributed by atoms with Gasteiger partial charge < -0.3 is 0 Å². The van der Waals surface area contributed by atoms with Crippen LogP contribution < -0.4 is 0 Å². The first-order chi connectivity index (χ1) is 27.1. The molecule has 0 saturated heterocycles. The minimum absolute atomic E-state index is 0.491. The van der Waals surface area contributed by atoms with E-state index < -0.39 is 0 Å². The molecule has 0 fully saturated rings. The number of aryl methyl sites for hydroxylation is 2. The maximum atomic E-state index is 11.4. The van der Waals surface area contributed by atoms with Crippen LogP contribution in [0.25, 0.3) is 94.0 Å². The van der Waals surface area contributed by atoms with Gasteiger partial charge in [0.25, 0.3) is 0 Å². The maximum absolute atomic E-state index is 11.4. The molecule has 0 atom stereocenters. The Morgan fingerprint density at radius 2 is 0.855 bits per heavy atom. The minimum Gasteiger partial charge on any atom is -0.291 e. The van der Waals surface area contributed by atoms with Crippen LogP contribution in [0.1, 0.15) is 17.0 Å². The van der Waals surface area contributed by atoms with E-state index in [1.54, 1.807) is 0 Å². The highest BCUT2D eigenvalue weighted by molar-refractivity contribution is 6.13. The molecular formula is C47H30N8. The van der Waals surface area contributed by atoms with Gasteiger partial charge in [0.05, 0.1) is 39.2 Å². The molecule has 0 radical (unpaired) electrons. The van der Waals surface area contributed by atoms with Crippen LogP contribution >= 0.6 is 0 Å². The molecule has 258 valence electrons. The summed E-state index contributed by atoms with van der Waals surface area (Å²) >= 11 is 0. The van der Waals surface area contributed by atoms with Gasteiger partial charge in [0.15, 0.2) is 0 Å². The summed E-state index contributed by atoms with van der Waals surface area (Å²) in [6.07, 6.45) is 5.51. The molecule has 8 nitrogen and oxygen atoms in total. The first kappa shape index (κ1) is 30.9. The molecule has 0 aliphatic heterocycles. The van der Waals surface area contributed by atoms with Gasteiger partial charge in [-0.25, -0.2) is 15.0 Å². The summed E-state index contributed by atoms with van der Waals surface area (Å²) in [6, 6.07) is 46.4. The molecular weight excluding hydrogens is 677 g/mol. The second-order valence-electron chi connectivity index (χ2n) is 13.9. The molecule has 0 unspecified atom stereocenters. The SMILES string of the molecule is Cc1cc(-c2cc(C#N)c(-n3c4ccccc4c4cccnc43)c(-n3c4ccccc4c4cccnc43)c2-n2c3ccccc3c3cccnc32)cc(C)n1. The first-order valence-corrected chi connectivity index (χ1v) is 18.2. The molecule has 0 aliphatic rings. The van der Waals surface area contributed by atoms with Crippen LogP contribution in [-0.2, 0) is 0 Å². The molecule has 0 aliphatic carbocycles. The van der Waals surface area contributed by atoms with E-state index in [0.29, 0.717) is 11.3 Å². The Hall–Kier alpha value is -7.63. The molecule has 7 heterocycles. The van der Waals surface area contributed by atoms with Crippen LogP contribution in [-0.4, -0.2) is 33.6 Å². The monoisotopic (exact) mass is 706 g/mol. The zero-order valence-corrected chi connectivity index (χ0v) is 29.9. The van der Waals surface area contributed by atoms with Gasteiger partial charge in [0.1, 0.15) is 23.0 Å². The van der Waals surface area contributed by atoms with Crippen LogP contribution in [0, 0.1) is 25.2 Å². The molecule has 0 saturated carbocycles. The normalized spacial score (nSPS) is 11.8. The van der Waals surface area contributed by atoms with Gasteiger partial charge >= 0.3 is 0 Å². The van der Waals surface area contributed by atoms with Crippen LogP contribution in [0.4, 0.5) is 0 Å². The number of para-hydroxylation sites is 3. The molecule has 11 aromatic rings. The third-order valence-corrected chi connectivity index (χ3v) is 10.7. The highest BCUT2D eigenvalue weighted by atomic mass is 15.2. The highest BCUT2D eigenvalue weighted by Crippen LogP contribution is 2.46. The van der Waals surface area contributed by atoms with Crippen molar-refractivity contribution in [3.8, 4) is 34.3 Å². The Kier molecular flexibility index (Phi) is 6.58. The number of aromatic nitrogens is 7. The van der Waals surface area contributed by atoms with E-state index >= 15 is 0 Å². The second kappa shape index (κ2) is 11.7. The third kappa shape index (κ3) is 4.38. The molecule has 55 heavy (non-hydrogen) atoms. The lowest BCUT2D eigenvalue weighted by Crippen LogP contribution is -2.13. The van der Waals surface area contributed by atoms with E-state index in [1.165, 1.54) is 0 Å². The van der Waals surface area contributed by atoms with Crippen molar-refractivity contribution in [2.24, 2.45) is 0 Å². The molecule has 4 aromatic carbocycles. The lowest BCUT2D eigenvalue weighted by atomic mass is 9.96.